The van der Waals surface area contributed by atoms with Crippen LogP contribution in [0.2, 0.25) is 0 Å². The zero-order chi connectivity index (χ0) is 14.4. The van der Waals surface area contributed by atoms with E-state index < -0.39 is 0 Å². The summed E-state index contributed by atoms with van der Waals surface area (Å²) < 4.78 is 11.4. The summed E-state index contributed by atoms with van der Waals surface area (Å²) in [6.07, 6.45) is 0.442. The second-order valence-corrected chi connectivity index (χ2v) is 5.53. The first-order valence-corrected chi connectivity index (χ1v) is 7.38. The standard InChI is InChI=1S/C14H19BrN2O3/c1-19-13-3-2-10(6-12(13)15)8-17-14(18)7-11-9-20-5-4-16-11/h2-3,6,11,16H,4-5,7-9H2,1H3,(H,17,18). The van der Waals surface area contributed by atoms with Crippen LogP contribution in [-0.4, -0.2) is 38.8 Å². The van der Waals surface area contributed by atoms with Gasteiger partial charge in [-0.05, 0) is 33.6 Å². The second kappa shape index (κ2) is 7.61. The van der Waals surface area contributed by atoms with Crippen LogP contribution in [0.25, 0.3) is 0 Å². The van der Waals surface area contributed by atoms with E-state index in [1.54, 1.807) is 7.11 Å². The summed E-state index contributed by atoms with van der Waals surface area (Å²) in [7, 11) is 1.63. The number of amides is 1. The quantitative estimate of drug-likeness (QED) is 0.850. The topological polar surface area (TPSA) is 59.6 Å². The van der Waals surface area contributed by atoms with Crippen molar-refractivity contribution in [2.45, 2.75) is 19.0 Å². The van der Waals surface area contributed by atoms with E-state index in [0.717, 1.165) is 28.9 Å². The molecule has 0 radical (unpaired) electrons. The molecule has 110 valence electrons. The molecule has 1 aliphatic rings. The Bertz CT molecular complexity index is 462. The van der Waals surface area contributed by atoms with E-state index in [-0.39, 0.29) is 11.9 Å². The second-order valence-electron chi connectivity index (χ2n) is 4.68. The number of nitrogens with one attached hydrogen (secondary N) is 2. The molecule has 5 nitrogen and oxygen atoms in total. The maximum absolute atomic E-state index is 11.8. The third-order valence-corrected chi connectivity index (χ3v) is 3.76. The number of ether oxygens (including phenoxy) is 2. The highest BCUT2D eigenvalue weighted by atomic mass is 79.9. The first kappa shape index (κ1) is 15.3. The van der Waals surface area contributed by atoms with Gasteiger partial charge in [0.25, 0.3) is 0 Å². The lowest BCUT2D eigenvalue weighted by Gasteiger charge is -2.23. The number of rotatable bonds is 5. The lowest BCUT2D eigenvalue weighted by molar-refractivity contribution is -0.122. The largest absolute Gasteiger partial charge is 0.496 e. The molecule has 2 rings (SSSR count). The SMILES string of the molecule is COc1ccc(CNC(=O)CC2COCCN2)cc1Br. The molecule has 2 N–H and O–H groups in total. The van der Waals surface area contributed by atoms with Crippen LogP contribution in [0.4, 0.5) is 0 Å². The minimum atomic E-state index is 0.0277. The molecule has 1 saturated heterocycles. The van der Waals surface area contributed by atoms with Crippen molar-refractivity contribution in [3.63, 3.8) is 0 Å². The van der Waals surface area contributed by atoms with Crippen LogP contribution >= 0.6 is 15.9 Å². The lowest BCUT2D eigenvalue weighted by Crippen LogP contribution is -2.44. The molecule has 0 aromatic heterocycles. The number of hydrogen-bond acceptors (Lipinski definition) is 4. The molecule has 0 spiro atoms. The average Bonchev–Trinajstić information content (AvgIpc) is 2.46. The summed E-state index contributed by atoms with van der Waals surface area (Å²) in [6, 6.07) is 5.88. The molecule has 0 aliphatic carbocycles. The normalized spacial score (nSPS) is 18.6. The fourth-order valence-electron chi connectivity index (χ4n) is 2.07. The predicted octanol–water partition coefficient (Wildman–Crippen LogP) is 1.45. The molecule has 1 aromatic carbocycles. The predicted molar refractivity (Wildman–Crippen MR) is 79.8 cm³/mol. The number of halogens is 1. The van der Waals surface area contributed by atoms with Crippen LogP contribution in [-0.2, 0) is 16.1 Å². The Labute approximate surface area is 127 Å². The minimum absolute atomic E-state index is 0.0277. The van der Waals surface area contributed by atoms with Gasteiger partial charge in [0.05, 0.1) is 24.8 Å². The summed E-state index contributed by atoms with van der Waals surface area (Å²) in [5, 5.41) is 6.18. The molecular formula is C14H19BrN2O3. The lowest BCUT2D eigenvalue weighted by atomic mass is 10.1. The highest BCUT2D eigenvalue weighted by Gasteiger charge is 2.16. The van der Waals surface area contributed by atoms with Crippen LogP contribution in [0.15, 0.2) is 22.7 Å². The van der Waals surface area contributed by atoms with Gasteiger partial charge in [-0.15, -0.1) is 0 Å². The smallest absolute Gasteiger partial charge is 0.221 e. The Morgan fingerprint density at radius 2 is 2.45 bits per heavy atom. The fraction of sp³-hybridized carbons (Fsp3) is 0.500. The molecule has 1 unspecified atom stereocenters. The van der Waals surface area contributed by atoms with Gasteiger partial charge in [0.1, 0.15) is 5.75 Å². The molecule has 1 atom stereocenters. The van der Waals surface area contributed by atoms with Gasteiger partial charge in [0.2, 0.25) is 5.91 Å². The minimum Gasteiger partial charge on any atom is -0.496 e. The van der Waals surface area contributed by atoms with Crippen molar-refractivity contribution < 1.29 is 14.3 Å². The van der Waals surface area contributed by atoms with Crippen LogP contribution in [0, 0.1) is 0 Å². The van der Waals surface area contributed by atoms with Crippen LogP contribution < -0.4 is 15.4 Å². The Morgan fingerprint density at radius 1 is 1.60 bits per heavy atom. The average molecular weight is 343 g/mol. The molecule has 1 aliphatic heterocycles. The van der Waals surface area contributed by atoms with E-state index in [4.69, 9.17) is 9.47 Å². The maximum atomic E-state index is 11.8. The Hall–Kier alpha value is -1.11. The van der Waals surface area contributed by atoms with E-state index in [1.165, 1.54) is 0 Å². The number of methoxy groups -OCH3 is 1. The zero-order valence-corrected chi connectivity index (χ0v) is 13.0. The Morgan fingerprint density at radius 3 is 3.10 bits per heavy atom. The highest BCUT2D eigenvalue weighted by molar-refractivity contribution is 9.10. The zero-order valence-electron chi connectivity index (χ0n) is 11.4. The monoisotopic (exact) mass is 342 g/mol. The first-order valence-electron chi connectivity index (χ1n) is 6.59. The Balaban J connectivity index is 1.79. The van der Waals surface area contributed by atoms with Crippen molar-refractivity contribution >= 4 is 21.8 Å². The van der Waals surface area contributed by atoms with Gasteiger partial charge >= 0.3 is 0 Å². The molecule has 1 amide bonds. The first-order chi connectivity index (χ1) is 9.69. The van der Waals surface area contributed by atoms with Crippen molar-refractivity contribution in [1.82, 2.24) is 10.6 Å². The van der Waals surface area contributed by atoms with Gasteiger partial charge in [-0.3, -0.25) is 4.79 Å². The maximum Gasteiger partial charge on any atom is 0.221 e. The Kier molecular flexibility index (Phi) is 5.82. The van der Waals surface area contributed by atoms with E-state index in [1.807, 2.05) is 18.2 Å². The summed E-state index contributed by atoms with van der Waals surface area (Å²) in [5.74, 6) is 0.809. The number of carbonyl (C=O) groups is 1. The van der Waals surface area contributed by atoms with Gasteiger partial charge < -0.3 is 20.1 Å². The molecule has 0 saturated carbocycles. The van der Waals surface area contributed by atoms with Crippen molar-refractivity contribution in [2.75, 3.05) is 26.9 Å². The third-order valence-electron chi connectivity index (χ3n) is 3.14. The third kappa shape index (κ3) is 4.47. The van der Waals surface area contributed by atoms with Crippen molar-refractivity contribution in [3.05, 3.63) is 28.2 Å². The van der Waals surface area contributed by atoms with Gasteiger partial charge in [-0.1, -0.05) is 6.07 Å². The van der Waals surface area contributed by atoms with Gasteiger partial charge in [0.15, 0.2) is 0 Å². The molecule has 1 fully saturated rings. The summed E-state index contributed by atoms with van der Waals surface area (Å²) in [5.41, 5.74) is 1.03. The summed E-state index contributed by atoms with van der Waals surface area (Å²) in [4.78, 5) is 11.8. The summed E-state index contributed by atoms with van der Waals surface area (Å²) >= 11 is 3.43. The van der Waals surface area contributed by atoms with E-state index in [0.29, 0.717) is 19.6 Å². The van der Waals surface area contributed by atoms with Crippen LogP contribution in [0.1, 0.15) is 12.0 Å². The molecule has 6 heteroatoms. The fourth-order valence-corrected chi connectivity index (χ4v) is 2.66. The van der Waals surface area contributed by atoms with Crippen molar-refractivity contribution in [1.29, 1.82) is 0 Å². The van der Waals surface area contributed by atoms with Gasteiger partial charge in [-0.2, -0.15) is 0 Å². The molecule has 0 bridgehead atoms. The molecule has 1 heterocycles. The van der Waals surface area contributed by atoms with E-state index in [2.05, 4.69) is 26.6 Å². The number of morpholine rings is 1. The van der Waals surface area contributed by atoms with Crippen molar-refractivity contribution in [2.24, 2.45) is 0 Å². The van der Waals surface area contributed by atoms with E-state index in [9.17, 15) is 4.79 Å². The van der Waals surface area contributed by atoms with Gasteiger partial charge in [0, 0.05) is 25.6 Å². The molecule has 20 heavy (non-hydrogen) atoms. The number of benzene rings is 1. The summed E-state index contributed by atoms with van der Waals surface area (Å²) in [6.45, 7) is 2.64. The highest BCUT2D eigenvalue weighted by Crippen LogP contribution is 2.25. The van der Waals surface area contributed by atoms with Crippen LogP contribution in [0.3, 0.4) is 0 Å². The molecule has 1 aromatic rings. The van der Waals surface area contributed by atoms with E-state index >= 15 is 0 Å². The van der Waals surface area contributed by atoms with Crippen LogP contribution in [0.5, 0.6) is 5.75 Å². The van der Waals surface area contributed by atoms with Crippen molar-refractivity contribution in [3.8, 4) is 5.75 Å². The number of hydrogen-bond donors (Lipinski definition) is 2. The van der Waals surface area contributed by atoms with Gasteiger partial charge in [-0.25, -0.2) is 0 Å². The molecular weight excluding hydrogens is 324 g/mol. The number of carbonyl (C=O) groups excluding carboxylic acids is 1.